The second kappa shape index (κ2) is 5.89. The van der Waals surface area contributed by atoms with E-state index in [0.29, 0.717) is 19.2 Å². The molecule has 1 atom stereocenters. The minimum absolute atomic E-state index is 0.312. The zero-order valence-corrected chi connectivity index (χ0v) is 10.1. The first-order valence-electron chi connectivity index (χ1n) is 5.96. The lowest BCUT2D eigenvalue weighted by molar-refractivity contribution is 0.106. The molecule has 0 aromatic heterocycles. The molecule has 1 aromatic carbocycles. The van der Waals surface area contributed by atoms with Crippen LogP contribution in [0.4, 0.5) is 0 Å². The second-order valence-corrected chi connectivity index (χ2v) is 4.32. The molecule has 0 unspecified atom stereocenters. The standard InChI is InChI=1S/C13H19NO3/c1-16-12-4-6-13(7-5-12)17-9-11(15)8-14-10-2-3-10/h4-7,10-11,14-15H,2-3,8-9H2,1H3/t11-/m0/s1. The summed E-state index contributed by atoms with van der Waals surface area (Å²) < 4.78 is 10.5. The Kier molecular flexibility index (Phi) is 4.23. The van der Waals surface area contributed by atoms with Gasteiger partial charge in [0.05, 0.1) is 7.11 Å². The molecule has 2 N–H and O–H groups in total. The lowest BCUT2D eigenvalue weighted by Gasteiger charge is -2.13. The fraction of sp³-hybridized carbons (Fsp3) is 0.538. The lowest BCUT2D eigenvalue weighted by atomic mass is 10.3. The highest BCUT2D eigenvalue weighted by atomic mass is 16.5. The molecule has 2 rings (SSSR count). The maximum absolute atomic E-state index is 9.68. The van der Waals surface area contributed by atoms with Crippen LogP contribution in [0.15, 0.2) is 24.3 Å². The third-order valence-electron chi connectivity index (χ3n) is 2.72. The number of benzene rings is 1. The van der Waals surface area contributed by atoms with Crippen molar-refractivity contribution >= 4 is 0 Å². The van der Waals surface area contributed by atoms with Gasteiger partial charge in [-0.15, -0.1) is 0 Å². The predicted octanol–water partition coefficient (Wildman–Crippen LogP) is 1.19. The predicted molar refractivity (Wildman–Crippen MR) is 65.5 cm³/mol. The van der Waals surface area contributed by atoms with Crippen LogP contribution in [0.5, 0.6) is 11.5 Å². The van der Waals surface area contributed by atoms with Crippen LogP contribution in [0.1, 0.15) is 12.8 Å². The van der Waals surface area contributed by atoms with E-state index >= 15 is 0 Å². The lowest BCUT2D eigenvalue weighted by Crippen LogP contribution is -2.32. The van der Waals surface area contributed by atoms with Crippen molar-refractivity contribution < 1.29 is 14.6 Å². The Labute approximate surface area is 102 Å². The van der Waals surface area contributed by atoms with Crippen LogP contribution in [-0.2, 0) is 0 Å². The van der Waals surface area contributed by atoms with E-state index < -0.39 is 6.10 Å². The maximum atomic E-state index is 9.68. The van der Waals surface area contributed by atoms with Gasteiger partial charge < -0.3 is 19.9 Å². The molecule has 1 aromatic rings. The minimum atomic E-state index is -0.460. The molecule has 94 valence electrons. The van der Waals surface area contributed by atoms with Crippen LogP contribution in [0, 0.1) is 0 Å². The highest BCUT2D eigenvalue weighted by molar-refractivity contribution is 5.31. The quantitative estimate of drug-likeness (QED) is 0.748. The zero-order valence-electron chi connectivity index (χ0n) is 10.1. The third kappa shape index (κ3) is 4.24. The van der Waals surface area contributed by atoms with Gasteiger partial charge in [-0.1, -0.05) is 0 Å². The molecule has 1 fully saturated rings. The van der Waals surface area contributed by atoms with E-state index in [0.717, 1.165) is 11.5 Å². The normalized spacial score (nSPS) is 16.6. The number of aliphatic hydroxyl groups is 1. The molecule has 1 saturated carbocycles. The van der Waals surface area contributed by atoms with Crippen molar-refractivity contribution in [2.24, 2.45) is 0 Å². The summed E-state index contributed by atoms with van der Waals surface area (Å²) in [5.74, 6) is 1.55. The Morgan fingerprint density at radius 2 is 1.94 bits per heavy atom. The van der Waals surface area contributed by atoms with Crippen LogP contribution in [-0.4, -0.2) is 37.5 Å². The number of methoxy groups -OCH3 is 1. The fourth-order valence-electron chi connectivity index (χ4n) is 1.51. The molecule has 17 heavy (non-hydrogen) atoms. The molecule has 0 radical (unpaired) electrons. The van der Waals surface area contributed by atoms with Crippen LogP contribution in [0.3, 0.4) is 0 Å². The summed E-state index contributed by atoms with van der Waals surface area (Å²) in [4.78, 5) is 0. The number of rotatable bonds is 7. The average molecular weight is 237 g/mol. The van der Waals surface area contributed by atoms with E-state index in [-0.39, 0.29) is 0 Å². The number of hydrogen-bond acceptors (Lipinski definition) is 4. The summed E-state index contributed by atoms with van der Waals surface area (Å²) in [6, 6.07) is 7.96. The van der Waals surface area contributed by atoms with Crippen molar-refractivity contribution in [3.63, 3.8) is 0 Å². The van der Waals surface area contributed by atoms with Gasteiger partial charge in [-0.25, -0.2) is 0 Å². The number of nitrogens with one attached hydrogen (secondary N) is 1. The van der Waals surface area contributed by atoms with Crippen molar-refractivity contribution in [1.82, 2.24) is 5.32 Å². The van der Waals surface area contributed by atoms with Gasteiger partial charge in [0.15, 0.2) is 0 Å². The smallest absolute Gasteiger partial charge is 0.119 e. The monoisotopic (exact) mass is 237 g/mol. The Hall–Kier alpha value is -1.26. The molecule has 4 heteroatoms. The SMILES string of the molecule is COc1ccc(OC[C@@H](O)CNC2CC2)cc1. The second-order valence-electron chi connectivity index (χ2n) is 4.32. The van der Waals surface area contributed by atoms with Gasteiger partial charge in [-0.2, -0.15) is 0 Å². The average Bonchev–Trinajstić information content (AvgIpc) is 3.18. The summed E-state index contributed by atoms with van der Waals surface area (Å²) in [7, 11) is 1.63. The van der Waals surface area contributed by atoms with Gasteiger partial charge in [-0.3, -0.25) is 0 Å². The first kappa shape index (κ1) is 12.2. The van der Waals surface area contributed by atoms with Crippen molar-refractivity contribution in [3.05, 3.63) is 24.3 Å². The van der Waals surface area contributed by atoms with Gasteiger partial charge in [0.2, 0.25) is 0 Å². The Morgan fingerprint density at radius 3 is 2.53 bits per heavy atom. The Bertz CT molecular complexity index is 335. The summed E-state index contributed by atoms with van der Waals surface area (Å²) in [6.45, 7) is 0.910. The molecule has 0 bridgehead atoms. The molecule has 0 spiro atoms. The molecule has 0 amide bonds. The van der Waals surface area contributed by atoms with Gasteiger partial charge in [0.25, 0.3) is 0 Å². The first-order valence-corrected chi connectivity index (χ1v) is 5.96. The van der Waals surface area contributed by atoms with Crippen molar-refractivity contribution in [1.29, 1.82) is 0 Å². The molecular formula is C13H19NO3. The third-order valence-corrected chi connectivity index (χ3v) is 2.72. The van der Waals surface area contributed by atoms with Gasteiger partial charge in [0.1, 0.15) is 24.2 Å². The molecule has 0 saturated heterocycles. The Balaban J connectivity index is 1.68. The van der Waals surface area contributed by atoms with Crippen LogP contribution >= 0.6 is 0 Å². The van der Waals surface area contributed by atoms with E-state index in [2.05, 4.69) is 5.32 Å². The number of ether oxygens (including phenoxy) is 2. The zero-order chi connectivity index (χ0) is 12.1. The van der Waals surface area contributed by atoms with E-state index in [1.165, 1.54) is 12.8 Å². The van der Waals surface area contributed by atoms with Crippen LogP contribution < -0.4 is 14.8 Å². The van der Waals surface area contributed by atoms with Crippen LogP contribution in [0.2, 0.25) is 0 Å². The van der Waals surface area contributed by atoms with Crippen molar-refractivity contribution in [2.75, 3.05) is 20.3 Å². The van der Waals surface area contributed by atoms with E-state index in [1.807, 2.05) is 24.3 Å². The molecule has 4 nitrogen and oxygen atoms in total. The largest absolute Gasteiger partial charge is 0.497 e. The van der Waals surface area contributed by atoms with E-state index in [4.69, 9.17) is 9.47 Å². The molecular weight excluding hydrogens is 218 g/mol. The topological polar surface area (TPSA) is 50.7 Å². The van der Waals surface area contributed by atoms with E-state index in [1.54, 1.807) is 7.11 Å². The van der Waals surface area contributed by atoms with Crippen molar-refractivity contribution in [2.45, 2.75) is 25.0 Å². The highest BCUT2D eigenvalue weighted by Gasteiger charge is 2.21. The maximum Gasteiger partial charge on any atom is 0.119 e. The summed E-state index contributed by atoms with van der Waals surface area (Å²) in [5.41, 5.74) is 0. The van der Waals surface area contributed by atoms with Crippen molar-refractivity contribution in [3.8, 4) is 11.5 Å². The fourth-order valence-corrected chi connectivity index (χ4v) is 1.51. The molecule has 1 aliphatic carbocycles. The molecule has 1 aliphatic rings. The minimum Gasteiger partial charge on any atom is -0.497 e. The number of aliphatic hydroxyl groups excluding tert-OH is 1. The number of hydrogen-bond donors (Lipinski definition) is 2. The van der Waals surface area contributed by atoms with E-state index in [9.17, 15) is 5.11 Å². The van der Waals surface area contributed by atoms with Gasteiger partial charge in [-0.05, 0) is 37.1 Å². The summed E-state index contributed by atoms with van der Waals surface area (Å²) >= 11 is 0. The highest BCUT2D eigenvalue weighted by Crippen LogP contribution is 2.19. The summed E-state index contributed by atoms with van der Waals surface area (Å²) in [6.07, 6.45) is 2.00. The van der Waals surface area contributed by atoms with Crippen LogP contribution in [0.25, 0.3) is 0 Å². The molecule has 0 aliphatic heterocycles. The van der Waals surface area contributed by atoms with Gasteiger partial charge in [0, 0.05) is 12.6 Å². The summed E-state index contributed by atoms with van der Waals surface area (Å²) in [5, 5.41) is 12.9. The first-order chi connectivity index (χ1) is 8.28. The Morgan fingerprint density at radius 1 is 1.29 bits per heavy atom. The molecule has 0 heterocycles. The van der Waals surface area contributed by atoms with Gasteiger partial charge >= 0.3 is 0 Å².